The fraction of sp³-hybridized carbons (Fsp3) is 0.630. The van der Waals surface area contributed by atoms with E-state index < -0.39 is 0 Å². The molecule has 1 N–H and O–H groups in total. The molecule has 4 bridgehead atoms. The maximum Gasteiger partial charge on any atom is 0.168 e. The van der Waals surface area contributed by atoms with Crippen molar-refractivity contribution in [3.63, 3.8) is 0 Å². The molecule has 164 valence electrons. The van der Waals surface area contributed by atoms with Gasteiger partial charge in [-0.1, -0.05) is 37.3 Å². The van der Waals surface area contributed by atoms with Crippen molar-refractivity contribution in [2.24, 2.45) is 29.1 Å². The number of aromatic nitrogens is 2. The van der Waals surface area contributed by atoms with E-state index in [0.29, 0.717) is 17.8 Å². The first-order valence-electron chi connectivity index (χ1n) is 12.4. The Hall–Kier alpha value is -2.10. The Kier molecular flexibility index (Phi) is 4.56. The van der Waals surface area contributed by atoms with E-state index in [0.717, 1.165) is 35.6 Å². The smallest absolute Gasteiger partial charge is 0.168 e. The lowest BCUT2D eigenvalue weighted by Crippen LogP contribution is -2.49. The summed E-state index contributed by atoms with van der Waals surface area (Å²) in [5, 5.41) is 8.28. The van der Waals surface area contributed by atoms with Crippen molar-refractivity contribution in [3.8, 4) is 0 Å². The first-order chi connectivity index (χ1) is 15.0. The van der Waals surface area contributed by atoms with Crippen LogP contribution in [0.1, 0.15) is 93.2 Å². The van der Waals surface area contributed by atoms with Crippen LogP contribution in [0.3, 0.4) is 0 Å². The van der Waals surface area contributed by atoms with Gasteiger partial charge in [-0.15, -0.1) is 0 Å². The molecule has 0 amide bonds. The van der Waals surface area contributed by atoms with Crippen molar-refractivity contribution in [2.75, 3.05) is 5.32 Å². The number of nitrogens with zero attached hydrogens (tertiary/aromatic N) is 2. The number of carbonyl (C=O) groups is 1. The molecule has 3 atom stereocenters. The Bertz CT molecular complexity index is 942. The predicted octanol–water partition coefficient (Wildman–Crippen LogP) is 6.43. The monoisotopic (exact) mass is 417 g/mol. The molecule has 31 heavy (non-hydrogen) atoms. The van der Waals surface area contributed by atoms with Gasteiger partial charge in [-0.3, -0.25) is 4.79 Å². The van der Waals surface area contributed by atoms with Gasteiger partial charge in [-0.25, -0.2) is 4.68 Å². The Morgan fingerprint density at radius 1 is 1.10 bits per heavy atom. The summed E-state index contributed by atoms with van der Waals surface area (Å²) >= 11 is 0. The number of nitrogens with one attached hydrogen (secondary N) is 1. The molecule has 1 aromatic carbocycles. The molecular formula is C27H35N3O. The van der Waals surface area contributed by atoms with E-state index in [1.165, 1.54) is 44.1 Å². The van der Waals surface area contributed by atoms with Crippen LogP contribution in [-0.4, -0.2) is 15.6 Å². The van der Waals surface area contributed by atoms with Gasteiger partial charge in [-0.2, -0.15) is 5.10 Å². The van der Waals surface area contributed by atoms with Crippen LogP contribution in [0.15, 0.2) is 36.5 Å². The highest BCUT2D eigenvalue weighted by Gasteiger charge is 2.53. The van der Waals surface area contributed by atoms with Gasteiger partial charge in [-0.05, 0) is 86.5 Å². The molecule has 7 rings (SSSR count). The van der Waals surface area contributed by atoms with E-state index in [2.05, 4.69) is 54.6 Å². The van der Waals surface area contributed by atoms with Crippen molar-refractivity contribution in [1.82, 2.24) is 9.78 Å². The van der Waals surface area contributed by atoms with E-state index >= 15 is 0 Å². The van der Waals surface area contributed by atoms with Gasteiger partial charge in [0.25, 0.3) is 0 Å². The lowest BCUT2D eigenvalue weighted by atomic mass is 9.46. The van der Waals surface area contributed by atoms with Crippen LogP contribution in [-0.2, 0) is 0 Å². The minimum Gasteiger partial charge on any atom is -0.363 e. The van der Waals surface area contributed by atoms with Crippen LogP contribution >= 0.6 is 0 Å². The zero-order valence-corrected chi connectivity index (χ0v) is 18.9. The van der Waals surface area contributed by atoms with Crippen molar-refractivity contribution in [3.05, 3.63) is 47.7 Å². The van der Waals surface area contributed by atoms with Gasteiger partial charge in [0.1, 0.15) is 5.82 Å². The molecule has 2 heterocycles. The van der Waals surface area contributed by atoms with Crippen LogP contribution < -0.4 is 5.32 Å². The van der Waals surface area contributed by atoms with Crippen LogP contribution in [0.4, 0.5) is 5.82 Å². The maximum absolute atomic E-state index is 13.5. The molecule has 4 heteroatoms. The Balaban J connectivity index is 1.22. The quantitative estimate of drug-likeness (QED) is 0.571. The van der Waals surface area contributed by atoms with Crippen LogP contribution in [0.2, 0.25) is 0 Å². The summed E-state index contributed by atoms with van der Waals surface area (Å²) in [6.45, 7) is 4.57. The number of rotatable bonds is 5. The van der Waals surface area contributed by atoms with E-state index in [1.807, 2.05) is 10.9 Å². The molecule has 5 aliphatic rings. The van der Waals surface area contributed by atoms with Gasteiger partial charge in [0, 0.05) is 6.42 Å². The number of fused-ring (bicyclic) bond motifs is 1. The number of hydrogen-bond donors (Lipinski definition) is 1. The molecule has 4 aliphatic carbocycles. The molecule has 0 spiro atoms. The molecule has 1 aliphatic heterocycles. The van der Waals surface area contributed by atoms with Gasteiger partial charge >= 0.3 is 0 Å². The fourth-order valence-corrected chi connectivity index (χ4v) is 8.00. The highest BCUT2D eigenvalue weighted by molar-refractivity contribution is 6.00. The molecule has 3 unspecified atom stereocenters. The third-order valence-electron chi connectivity index (χ3n) is 9.23. The highest BCUT2D eigenvalue weighted by Crippen LogP contribution is 2.63. The standard InChI is InChI=1S/C27H35N3O/c1-17(27-13-19-10-20(14-27)12-21(11-19)15-27)8-25(31)23-16-28-30-18(2)9-24(29-26(23)30)22-6-4-3-5-7-22/h3-7,16-21,24,29H,8-15H2,1-2H3. The number of ketones is 1. The summed E-state index contributed by atoms with van der Waals surface area (Å²) in [5.41, 5.74) is 2.50. The number of carbonyl (C=O) groups excluding carboxylic acids is 1. The average molecular weight is 418 g/mol. The van der Waals surface area contributed by atoms with Crippen molar-refractivity contribution in [2.45, 2.75) is 77.3 Å². The third kappa shape index (κ3) is 3.25. The second-order valence-electron chi connectivity index (χ2n) is 11.4. The molecule has 1 aromatic heterocycles. The normalized spacial score (nSPS) is 36.6. The lowest BCUT2D eigenvalue weighted by molar-refractivity contribution is -0.0828. The van der Waals surface area contributed by atoms with Crippen molar-refractivity contribution < 1.29 is 4.79 Å². The van der Waals surface area contributed by atoms with E-state index in [9.17, 15) is 4.79 Å². The minimum atomic E-state index is 0.229. The minimum absolute atomic E-state index is 0.229. The topological polar surface area (TPSA) is 46.9 Å². The SMILES string of the molecule is CC1CC(c2ccccc2)Nc2c(C(=O)CC(C)C34CC5CC(CC(C5)C3)C4)cnn21. The Labute approximate surface area is 185 Å². The molecule has 4 fully saturated rings. The van der Waals surface area contributed by atoms with Gasteiger partial charge in [0.2, 0.25) is 0 Å². The van der Waals surface area contributed by atoms with Gasteiger partial charge in [0.05, 0.1) is 23.8 Å². The molecule has 0 radical (unpaired) electrons. The number of benzene rings is 1. The largest absolute Gasteiger partial charge is 0.363 e. The Morgan fingerprint density at radius 2 is 1.74 bits per heavy atom. The fourth-order valence-electron chi connectivity index (χ4n) is 8.00. The summed E-state index contributed by atoms with van der Waals surface area (Å²) in [4.78, 5) is 13.5. The summed E-state index contributed by atoms with van der Waals surface area (Å²) in [6, 6.07) is 11.1. The van der Waals surface area contributed by atoms with Gasteiger partial charge < -0.3 is 5.32 Å². The first-order valence-corrected chi connectivity index (χ1v) is 12.4. The van der Waals surface area contributed by atoms with Crippen LogP contribution in [0.5, 0.6) is 0 Å². The maximum atomic E-state index is 13.5. The number of Topliss-reactive ketones (excluding diaryl/α,β-unsaturated/α-hetero) is 1. The van der Waals surface area contributed by atoms with E-state index in [4.69, 9.17) is 0 Å². The summed E-state index contributed by atoms with van der Waals surface area (Å²) in [6.07, 6.45) is 11.9. The molecule has 4 nitrogen and oxygen atoms in total. The summed E-state index contributed by atoms with van der Waals surface area (Å²) < 4.78 is 2.03. The van der Waals surface area contributed by atoms with Crippen molar-refractivity contribution in [1.29, 1.82) is 0 Å². The number of hydrogen-bond acceptors (Lipinski definition) is 3. The van der Waals surface area contributed by atoms with Crippen LogP contribution in [0.25, 0.3) is 0 Å². The zero-order valence-electron chi connectivity index (χ0n) is 18.9. The molecular weight excluding hydrogens is 382 g/mol. The first kappa shape index (κ1) is 19.6. The molecule has 0 saturated heterocycles. The molecule has 2 aromatic rings. The second kappa shape index (κ2) is 7.21. The van der Waals surface area contributed by atoms with Crippen LogP contribution in [0, 0.1) is 29.1 Å². The molecule has 4 saturated carbocycles. The van der Waals surface area contributed by atoms with E-state index in [-0.39, 0.29) is 17.9 Å². The summed E-state index contributed by atoms with van der Waals surface area (Å²) in [5.74, 6) is 4.47. The third-order valence-corrected chi connectivity index (χ3v) is 9.23. The summed E-state index contributed by atoms with van der Waals surface area (Å²) in [7, 11) is 0. The predicted molar refractivity (Wildman–Crippen MR) is 123 cm³/mol. The average Bonchev–Trinajstić information content (AvgIpc) is 3.18. The van der Waals surface area contributed by atoms with Gasteiger partial charge in [0.15, 0.2) is 5.78 Å². The van der Waals surface area contributed by atoms with E-state index in [1.54, 1.807) is 0 Å². The number of anilines is 1. The second-order valence-corrected chi connectivity index (χ2v) is 11.4. The highest BCUT2D eigenvalue weighted by atomic mass is 16.1. The lowest BCUT2D eigenvalue weighted by Gasteiger charge is -2.59. The van der Waals surface area contributed by atoms with Crippen molar-refractivity contribution >= 4 is 11.6 Å². The Morgan fingerprint density at radius 3 is 2.39 bits per heavy atom. The zero-order chi connectivity index (χ0) is 21.2.